The molecule has 0 spiro atoms. The molecule has 2 N–H and O–H groups in total. The van der Waals surface area contributed by atoms with Crippen molar-refractivity contribution in [2.24, 2.45) is 5.73 Å². The van der Waals surface area contributed by atoms with Gasteiger partial charge in [0.1, 0.15) is 6.33 Å². The molecule has 1 heterocycles. The smallest absolute Gasteiger partial charge is 0.216 e. The molecule has 0 amide bonds. The van der Waals surface area contributed by atoms with E-state index in [-0.39, 0.29) is 6.04 Å². The normalized spacial score (nSPS) is 12.2. The molecule has 1 aromatic carbocycles. The summed E-state index contributed by atoms with van der Waals surface area (Å²) in [6, 6.07) is 7.86. The van der Waals surface area contributed by atoms with Crippen LogP contribution in [0.2, 0.25) is 0 Å². The van der Waals surface area contributed by atoms with Gasteiger partial charge in [0.15, 0.2) is 0 Å². The number of benzene rings is 1. The second-order valence-electron chi connectivity index (χ2n) is 4.37. The molecule has 0 saturated heterocycles. The Balaban J connectivity index is 2.15. The van der Waals surface area contributed by atoms with E-state index in [1.165, 1.54) is 11.9 Å². The second kappa shape index (κ2) is 6.12. The number of hydrogen-bond acceptors (Lipinski definition) is 4. The molecule has 1 aromatic heterocycles. The number of nitrogens with two attached hydrogens (primary N) is 1. The Bertz CT molecular complexity index is 574. The zero-order chi connectivity index (χ0) is 13.8. The predicted octanol–water partition coefficient (Wildman–Crippen LogP) is 2.80. The van der Waals surface area contributed by atoms with Crippen molar-refractivity contribution in [1.82, 2.24) is 9.97 Å². The summed E-state index contributed by atoms with van der Waals surface area (Å²) in [5, 5.41) is 0. The molecule has 0 radical (unpaired) electrons. The third-order valence-electron chi connectivity index (χ3n) is 2.95. The molecule has 100 valence electrons. The number of nitrogens with zero attached hydrogens (tertiary/aromatic N) is 2. The van der Waals surface area contributed by atoms with Gasteiger partial charge in [0.25, 0.3) is 0 Å². The minimum Gasteiger partial charge on any atom is -0.481 e. The van der Waals surface area contributed by atoms with Crippen molar-refractivity contribution in [3.8, 4) is 5.88 Å². The zero-order valence-electron chi connectivity index (χ0n) is 10.9. The van der Waals surface area contributed by atoms with Gasteiger partial charge in [0.05, 0.1) is 7.11 Å². The first-order chi connectivity index (χ1) is 9.10. The van der Waals surface area contributed by atoms with Crippen LogP contribution in [-0.4, -0.2) is 17.1 Å². The van der Waals surface area contributed by atoms with Crippen molar-refractivity contribution < 1.29 is 4.74 Å². The first-order valence-electron chi connectivity index (χ1n) is 5.96. The fourth-order valence-electron chi connectivity index (χ4n) is 1.84. The SMILES string of the molecule is COc1cc(CC(N)c2ccc(Br)c(C)c2)ncn1. The first-order valence-corrected chi connectivity index (χ1v) is 6.76. The van der Waals surface area contributed by atoms with Crippen molar-refractivity contribution in [3.63, 3.8) is 0 Å². The van der Waals surface area contributed by atoms with Gasteiger partial charge < -0.3 is 10.5 Å². The van der Waals surface area contributed by atoms with E-state index in [4.69, 9.17) is 10.5 Å². The highest BCUT2D eigenvalue weighted by Crippen LogP contribution is 2.22. The molecule has 0 bridgehead atoms. The average molecular weight is 322 g/mol. The Kier molecular flexibility index (Phi) is 4.50. The summed E-state index contributed by atoms with van der Waals surface area (Å²) in [7, 11) is 1.59. The molecule has 2 aromatic rings. The van der Waals surface area contributed by atoms with Crippen LogP contribution in [0.3, 0.4) is 0 Å². The third kappa shape index (κ3) is 3.52. The van der Waals surface area contributed by atoms with Crippen molar-refractivity contribution in [2.75, 3.05) is 7.11 Å². The topological polar surface area (TPSA) is 61.0 Å². The van der Waals surface area contributed by atoms with Crippen LogP contribution in [0.25, 0.3) is 0 Å². The van der Waals surface area contributed by atoms with E-state index in [0.717, 1.165) is 15.7 Å². The van der Waals surface area contributed by atoms with E-state index in [9.17, 15) is 0 Å². The molecule has 1 unspecified atom stereocenters. The van der Waals surface area contributed by atoms with Crippen LogP contribution < -0.4 is 10.5 Å². The summed E-state index contributed by atoms with van der Waals surface area (Å²) in [6.45, 7) is 2.05. The molecule has 0 saturated carbocycles. The van der Waals surface area contributed by atoms with Gasteiger partial charge in [0, 0.05) is 28.7 Å². The van der Waals surface area contributed by atoms with Crippen LogP contribution in [0, 0.1) is 6.92 Å². The van der Waals surface area contributed by atoms with Gasteiger partial charge in [-0.25, -0.2) is 9.97 Å². The first kappa shape index (κ1) is 14.0. The summed E-state index contributed by atoms with van der Waals surface area (Å²) in [5.41, 5.74) is 9.37. The fraction of sp³-hybridized carbons (Fsp3) is 0.286. The summed E-state index contributed by atoms with van der Waals surface area (Å²) >= 11 is 3.49. The minimum absolute atomic E-state index is 0.0913. The molecule has 0 aliphatic heterocycles. The number of rotatable bonds is 4. The Morgan fingerprint density at radius 3 is 2.79 bits per heavy atom. The molecule has 1 atom stereocenters. The van der Waals surface area contributed by atoms with Gasteiger partial charge in [-0.2, -0.15) is 0 Å². The van der Waals surface area contributed by atoms with E-state index in [1.54, 1.807) is 7.11 Å². The van der Waals surface area contributed by atoms with Gasteiger partial charge >= 0.3 is 0 Å². The lowest BCUT2D eigenvalue weighted by atomic mass is 10.0. The van der Waals surface area contributed by atoms with Gasteiger partial charge in [-0.05, 0) is 24.1 Å². The maximum Gasteiger partial charge on any atom is 0.216 e. The maximum absolute atomic E-state index is 6.22. The molecule has 19 heavy (non-hydrogen) atoms. The third-order valence-corrected chi connectivity index (χ3v) is 3.84. The molecular formula is C14H16BrN3O. The molecular weight excluding hydrogens is 306 g/mol. The van der Waals surface area contributed by atoms with Crippen molar-refractivity contribution in [1.29, 1.82) is 0 Å². The van der Waals surface area contributed by atoms with Gasteiger partial charge in [-0.15, -0.1) is 0 Å². The fourth-order valence-corrected chi connectivity index (χ4v) is 2.09. The Morgan fingerprint density at radius 1 is 1.32 bits per heavy atom. The van der Waals surface area contributed by atoms with Gasteiger partial charge in [-0.1, -0.05) is 28.1 Å². The summed E-state index contributed by atoms with van der Waals surface area (Å²) in [4.78, 5) is 8.20. The van der Waals surface area contributed by atoms with Crippen LogP contribution in [0.5, 0.6) is 5.88 Å². The molecule has 2 rings (SSSR count). The number of methoxy groups -OCH3 is 1. The van der Waals surface area contributed by atoms with Crippen LogP contribution >= 0.6 is 15.9 Å². The zero-order valence-corrected chi connectivity index (χ0v) is 12.5. The number of ether oxygens (including phenoxy) is 1. The van der Waals surface area contributed by atoms with E-state index in [1.807, 2.05) is 25.1 Å². The highest BCUT2D eigenvalue weighted by molar-refractivity contribution is 9.10. The van der Waals surface area contributed by atoms with E-state index < -0.39 is 0 Å². The van der Waals surface area contributed by atoms with Crippen LogP contribution in [0.15, 0.2) is 35.1 Å². The Hall–Kier alpha value is -1.46. The van der Waals surface area contributed by atoms with Crippen molar-refractivity contribution >= 4 is 15.9 Å². The maximum atomic E-state index is 6.22. The lowest BCUT2D eigenvalue weighted by molar-refractivity contribution is 0.395. The molecule has 4 nitrogen and oxygen atoms in total. The molecule has 0 aliphatic rings. The van der Waals surface area contributed by atoms with Crippen molar-refractivity contribution in [2.45, 2.75) is 19.4 Å². The minimum atomic E-state index is -0.0913. The average Bonchev–Trinajstić information content (AvgIpc) is 2.42. The quantitative estimate of drug-likeness (QED) is 0.940. The van der Waals surface area contributed by atoms with Crippen LogP contribution in [0.1, 0.15) is 22.9 Å². The van der Waals surface area contributed by atoms with Crippen molar-refractivity contribution in [3.05, 3.63) is 51.9 Å². The van der Waals surface area contributed by atoms with Gasteiger partial charge in [0.2, 0.25) is 5.88 Å². The predicted molar refractivity (Wildman–Crippen MR) is 78.1 cm³/mol. The highest BCUT2D eigenvalue weighted by atomic mass is 79.9. The van der Waals surface area contributed by atoms with E-state index >= 15 is 0 Å². The second-order valence-corrected chi connectivity index (χ2v) is 5.23. The number of hydrogen-bond donors (Lipinski definition) is 1. The standard InChI is InChI=1S/C14H16BrN3O/c1-9-5-10(3-4-12(9)15)13(16)6-11-7-14(19-2)18-8-17-11/h3-5,7-8,13H,6,16H2,1-2H3. The van der Waals surface area contributed by atoms with Crippen LogP contribution in [-0.2, 0) is 6.42 Å². The largest absolute Gasteiger partial charge is 0.481 e. The van der Waals surface area contributed by atoms with Gasteiger partial charge in [-0.3, -0.25) is 0 Å². The monoisotopic (exact) mass is 321 g/mol. The number of halogens is 1. The Morgan fingerprint density at radius 2 is 2.11 bits per heavy atom. The summed E-state index contributed by atoms with van der Waals surface area (Å²) in [5.74, 6) is 0.559. The van der Waals surface area contributed by atoms with E-state index in [0.29, 0.717) is 12.3 Å². The van der Waals surface area contributed by atoms with Crippen LogP contribution in [0.4, 0.5) is 0 Å². The summed E-state index contributed by atoms with van der Waals surface area (Å²) < 4.78 is 6.17. The molecule has 0 fully saturated rings. The molecule has 0 aliphatic carbocycles. The Labute approximate surface area is 121 Å². The molecule has 5 heteroatoms. The highest BCUT2D eigenvalue weighted by Gasteiger charge is 2.10. The lowest BCUT2D eigenvalue weighted by Gasteiger charge is -2.13. The van der Waals surface area contributed by atoms with E-state index in [2.05, 4.69) is 32.0 Å². The number of aryl methyl sites for hydroxylation is 1. The lowest BCUT2D eigenvalue weighted by Crippen LogP contribution is -2.14. The summed E-state index contributed by atoms with van der Waals surface area (Å²) in [6.07, 6.45) is 2.15. The number of aromatic nitrogens is 2.